The van der Waals surface area contributed by atoms with Crippen LogP contribution in [0.4, 0.5) is 0 Å². The zero-order valence-corrected chi connectivity index (χ0v) is 9.87. The Hall–Kier alpha value is -0.860. The standard InChI is InChI=1S/C13H19N.H3N/c1-13(10-6-7-11-14(13)2)12-8-4-3-5-9-12;/h3-5,8-9H,6-7,10-11H2,1-2H3;1H3. The van der Waals surface area contributed by atoms with Crippen LogP contribution in [0.25, 0.3) is 0 Å². The fraction of sp³-hybridized carbons (Fsp3) is 0.538. The quantitative estimate of drug-likeness (QED) is 0.766. The Morgan fingerprint density at radius 2 is 1.80 bits per heavy atom. The molecule has 1 aliphatic heterocycles. The second kappa shape index (κ2) is 4.77. The van der Waals surface area contributed by atoms with Gasteiger partial charge in [-0.2, -0.15) is 0 Å². The number of hydrogen-bond acceptors (Lipinski definition) is 2. The fourth-order valence-electron chi connectivity index (χ4n) is 2.42. The molecule has 1 atom stereocenters. The molecule has 3 N–H and O–H groups in total. The highest BCUT2D eigenvalue weighted by Crippen LogP contribution is 2.35. The minimum Gasteiger partial charge on any atom is -0.344 e. The molecule has 84 valence electrons. The minimum atomic E-state index is 0. The average Bonchev–Trinajstić information content (AvgIpc) is 2.24. The first kappa shape index (κ1) is 12.2. The molecule has 1 aromatic rings. The van der Waals surface area contributed by atoms with Crippen molar-refractivity contribution in [3.63, 3.8) is 0 Å². The van der Waals surface area contributed by atoms with Crippen LogP contribution in [0.3, 0.4) is 0 Å². The van der Waals surface area contributed by atoms with Gasteiger partial charge in [-0.15, -0.1) is 0 Å². The lowest BCUT2D eigenvalue weighted by Crippen LogP contribution is -2.44. The molecule has 2 nitrogen and oxygen atoms in total. The van der Waals surface area contributed by atoms with E-state index in [2.05, 4.69) is 49.2 Å². The second-order valence-corrected chi connectivity index (χ2v) is 4.52. The van der Waals surface area contributed by atoms with Crippen molar-refractivity contribution in [3.05, 3.63) is 35.9 Å². The van der Waals surface area contributed by atoms with Crippen LogP contribution in [0.5, 0.6) is 0 Å². The van der Waals surface area contributed by atoms with Gasteiger partial charge < -0.3 is 6.15 Å². The van der Waals surface area contributed by atoms with E-state index in [9.17, 15) is 0 Å². The molecular weight excluding hydrogens is 184 g/mol. The first-order valence-corrected chi connectivity index (χ1v) is 5.50. The third kappa shape index (κ3) is 2.21. The van der Waals surface area contributed by atoms with Crippen LogP contribution in [-0.2, 0) is 5.54 Å². The van der Waals surface area contributed by atoms with Crippen molar-refractivity contribution in [3.8, 4) is 0 Å². The van der Waals surface area contributed by atoms with E-state index in [4.69, 9.17) is 0 Å². The van der Waals surface area contributed by atoms with Crippen LogP contribution in [-0.4, -0.2) is 18.5 Å². The van der Waals surface area contributed by atoms with Crippen molar-refractivity contribution in [1.29, 1.82) is 0 Å². The maximum absolute atomic E-state index is 2.49. The Bertz CT molecular complexity index is 297. The van der Waals surface area contributed by atoms with E-state index in [1.807, 2.05) is 0 Å². The third-order valence-electron chi connectivity index (χ3n) is 3.65. The van der Waals surface area contributed by atoms with Gasteiger partial charge >= 0.3 is 0 Å². The zero-order chi connectivity index (χ0) is 10.0. The van der Waals surface area contributed by atoms with Gasteiger partial charge in [-0.1, -0.05) is 36.8 Å². The molecule has 0 bridgehead atoms. The van der Waals surface area contributed by atoms with E-state index in [1.54, 1.807) is 0 Å². The third-order valence-corrected chi connectivity index (χ3v) is 3.65. The molecule has 0 radical (unpaired) electrons. The monoisotopic (exact) mass is 206 g/mol. The maximum Gasteiger partial charge on any atom is 0.0429 e. The summed E-state index contributed by atoms with van der Waals surface area (Å²) in [5.41, 5.74) is 1.72. The molecule has 2 rings (SSSR count). The molecule has 0 spiro atoms. The van der Waals surface area contributed by atoms with Crippen LogP contribution in [0.2, 0.25) is 0 Å². The molecule has 1 aliphatic rings. The Balaban J connectivity index is 0.00000112. The molecule has 0 aliphatic carbocycles. The fourth-order valence-corrected chi connectivity index (χ4v) is 2.42. The lowest BCUT2D eigenvalue weighted by atomic mass is 9.82. The summed E-state index contributed by atoms with van der Waals surface area (Å²) in [6, 6.07) is 10.9. The van der Waals surface area contributed by atoms with E-state index >= 15 is 0 Å². The molecule has 1 fully saturated rings. The van der Waals surface area contributed by atoms with Crippen molar-refractivity contribution in [2.24, 2.45) is 0 Å². The van der Waals surface area contributed by atoms with Gasteiger partial charge in [0.05, 0.1) is 0 Å². The average molecular weight is 206 g/mol. The van der Waals surface area contributed by atoms with Gasteiger partial charge in [0, 0.05) is 5.54 Å². The van der Waals surface area contributed by atoms with E-state index < -0.39 is 0 Å². The molecule has 0 aromatic heterocycles. The SMILES string of the molecule is CN1CCCCC1(C)c1ccccc1.N. The van der Waals surface area contributed by atoms with Crippen LogP contribution in [0.1, 0.15) is 31.7 Å². The highest BCUT2D eigenvalue weighted by atomic mass is 15.2. The maximum atomic E-state index is 2.49. The summed E-state index contributed by atoms with van der Waals surface area (Å²) in [5.74, 6) is 0. The van der Waals surface area contributed by atoms with Gasteiger partial charge in [-0.25, -0.2) is 0 Å². The van der Waals surface area contributed by atoms with Gasteiger partial charge in [0.2, 0.25) is 0 Å². The Morgan fingerprint density at radius 3 is 2.40 bits per heavy atom. The van der Waals surface area contributed by atoms with Crippen molar-refractivity contribution in [2.75, 3.05) is 13.6 Å². The van der Waals surface area contributed by atoms with Crippen molar-refractivity contribution >= 4 is 0 Å². The van der Waals surface area contributed by atoms with E-state index in [0.29, 0.717) is 0 Å². The summed E-state index contributed by atoms with van der Waals surface area (Å²) in [6.45, 7) is 3.59. The highest BCUT2D eigenvalue weighted by Gasteiger charge is 2.32. The van der Waals surface area contributed by atoms with Gasteiger partial charge in [-0.05, 0) is 38.9 Å². The molecule has 1 aromatic carbocycles. The van der Waals surface area contributed by atoms with Crippen LogP contribution < -0.4 is 6.15 Å². The van der Waals surface area contributed by atoms with Gasteiger partial charge in [-0.3, -0.25) is 4.90 Å². The summed E-state index contributed by atoms with van der Waals surface area (Å²) < 4.78 is 0. The van der Waals surface area contributed by atoms with Crippen molar-refractivity contribution < 1.29 is 0 Å². The molecular formula is C13H22N2. The first-order chi connectivity index (χ1) is 6.73. The van der Waals surface area contributed by atoms with Gasteiger partial charge in [0.1, 0.15) is 0 Å². The van der Waals surface area contributed by atoms with Crippen LogP contribution in [0, 0.1) is 0 Å². The topological polar surface area (TPSA) is 38.2 Å². The molecule has 2 heteroatoms. The predicted molar refractivity (Wildman–Crippen MR) is 65.3 cm³/mol. The Kier molecular flexibility index (Phi) is 3.89. The lowest BCUT2D eigenvalue weighted by molar-refractivity contribution is 0.0886. The lowest BCUT2D eigenvalue weighted by Gasteiger charge is -2.43. The molecule has 1 saturated heterocycles. The number of rotatable bonds is 1. The summed E-state index contributed by atoms with van der Waals surface area (Å²) in [4.78, 5) is 2.49. The highest BCUT2D eigenvalue weighted by molar-refractivity contribution is 5.24. The second-order valence-electron chi connectivity index (χ2n) is 4.52. The number of piperidine rings is 1. The van der Waals surface area contributed by atoms with Gasteiger partial charge in [0.25, 0.3) is 0 Å². The number of nitrogens with zero attached hydrogens (tertiary/aromatic N) is 1. The van der Waals surface area contributed by atoms with Crippen molar-refractivity contribution in [2.45, 2.75) is 31.7 Å². The van der Waals surface area contributed by atoms with Crippen LogP contribution >= 0.6 is 0 Å². The molecule has 1 unspecified atom stereocenters. The molecule has 0 saturated carbocycles. The Morgan fingerprint density at radius 1 is 1.13 bits per heavy atom. The molecule has 1 heterocycles. The summed E-state index contributed by atoms with van der Waals surface area (Å²) >= 11 is 0. The number of likely N-dealkylation sites (tertiary alicyclic amines) is 1. The summed E-state index contributed by atoms with van der Waals surface area (Å²) in [5, 5.41) is 0. The molecule has 15 heavy (non-hydrogen) atoms. The van der Waals surface area contributed by atoms with Crippen LogP contribution in [0.15, 0.2) is 30.3 Å². The predicted octanol–water partition coefficient (Wildman–Crippen LogP) is 3.18. The molecule has 0 amide bonds. The van der Waals surface area contributed by atoms with E-state index in [-0.39, 0.29) is 11.7 Å². The minimum absolute atomic E-state index is 0. The Labute approximate surface area is 92.9 Å². The largest absolute Gasteiger partial charge is 0.344 e. The van der Waals surface area contributed by atoms with E-state index in [1.165, 1.54) is 31.4 Å². The van der Waals surface area contributed by atoms with E-state index in [0.717, 1.165) is 0 Å². The smallest absolute Gasteiger partial charge is 0.0429 e. The summed E-state index contributed by atoms with van der Waals surface area (Å²) in [6.07, 6.45) is 3.99. The summed E-state index contributed by atoms with van der Waals surface area (Å²) in [7, 11) is 2.24. The van der Waals surface area contributed by atoms with Gasteiger partial charge in [0.15, 0.2) is 0 Å². The van der Waals surface area contributed by atoms with Crippen molar-refractivity contribution in [1.82, 2.24) is 11.1 Å². The zero-order valence-electron chi connectivity index (χ0n) is 9.87. The number of benzene rings is 1. The number of hydrogen-bond donors (Lipinski definition) is 1. The first-order valence-electron chi connectivity index (χ1n) is 5.50. The normalized spacial score (nSPS) is 27.1.